The fraction of sp³-hybridized carbons (Fsp3) is 0.500. The molecule has 2 heteroatoms. The molecule has 1 heterocycles. The summed E-state index contributed by atoms with van der Waals surface area (Å²) in [4.78, 5) is 0. The number of ether oxygens (including phenoxy) is 1. The van der Waals surface area contributed by atoms with E-state index in [2.05, 4.69) is 20.8 Å². The molecule has 14 heavy (non-hydrogen) atoms. The van der Waals surface area contributed by atoms with Crippen LogP contribution in [0.25, 0.3) is 0 Å². The fourth-order valence-corrected chi connectivity index (χ4v) is 2.63. The largest absolute Gasteiger partial charge is 0.491 e. The van der Waals surface area contributed by atoms with E-state index in [0.717, 1.165) is 23.8 Å². The van der Waals surface area contributed by atoms with Crippen molar-refractivity contribution in [3.05, 3.63) is 27.8 Å². The lowest BCUT2D eigenvalue weighted by Crippen LogP contribution is -1.97. The molecule has 0 saturated carbocycles. The zero-order valence-electron chi connectivity index (χ0n) is 8.86. The van der Waals surface area contributed by atoms with Gasteiger partial charge in [0.15, 0.2) is 0 Å². The van der Waals surface area contributed by atoms with E-state index < -0.39 is 0 Å². The normalized spacial score (nSPS) is 14.4. The predicted molar refractivity (Wildman–Crippen MR) is 59.5 cm³/mol. The molecule has 1 nitrogen and oxygen atoms in total. The van der Waals surface area contributed by atoms with Gasteiger partial charge in [-0.1, -0.05) is 25.4 Å². The lowest BCUT2D eigenvalue weighted by molar-refractivity contribution is 0.357. The first-order valence-electron chi connectivity index (χ1n) is 5.06. The fourth-order valence-electron chi connectivity index (χ4n) is 2.30. The zero-order chi connectivity index (χ0) is 10.3. The van der Waals surface area contributed by atoms with Crippen LogP contribution in [-0.2, 0) is 6.42 Å². The molecular formula is C12H15ClO. The van der Waals surface area contributed by atoms with E-state index in [1.54, 1.807) is 0 Å². The highest BCUT2D eigenvalue weighted by Gasteiger charge is 2.22. The summed E-state index contributed by atoms with van der Waals surface area (Å²) in [5.74, 6) is 1.46. The molecule has 0 unspecified atom stereocenters. The Balaban J connectivity index is 2.66. The van der Waals surface area contributed by atoms with Crippen molar-refractivity contribution in [3.8, 4) is 5.75 Å². The summed E-state index contributed by atoms with van der Waals surface area (Å²) in [6.07, 6.45) is 1.00. The molecule has 0 amide bonds. The minimum atomic E-state index is 0.544. The van der Waals surface area contributed by atoms with Crippen LogP contribution in [0.5, 0.6) is 5.75 Å². The van der Waals surface area contributed by atoms with E-state index in [9.17, 15) is 0 Å². The molecule has 76 valence electrons. The van der Waals surface area contributed by atoms with E-state index in [4.69, 9.17) is 16.3 Å². The Morgan fingerprint density at radius 1 is 1.43 bits per heavy atom. The summed E-state index contributed by atoms with van der Waals surface area (Å²) in [6, 6.07) is 2.01. The molecule has 0 aliphatic carbocycles. The van der Waals surface area contributed by atoms with Crippen molar-refractivity contribution >= 4 is 11.6 Å². The predicted octanol–water partition coefficient (Wildman–Crippen LogP) is 3.71. The molecule has 0 fully saturated rings. The molecule has 0 bridgehead atoms. The van der Waals surface area contributed by atoms with Crippen molar-refractivity contribution in [1.29, 1.82) is 0 Å². The first-order valence-corrected chi connectivity index (χ1v) is 5.43. The summed E-state index contributed by atoms with van der Waals surface area (Å²) in [6.45, 7) is 7.34. The quantitative estimate of drug-likeness (QED) is 0.687. The monoisotopic (exact) mass is 210 g/mol. The van der Waals surface area contributed by atoms with Crippen LogP contribution in [0.2, 0.25) is 5.02 Å². The average molecular weight is 211 g/mol. The van der Waals surface area contributed by atoms with Crippen molar-refractivity contribution in [2.24, 2.45) is 0 Å². The zero-order valence-corrected chi connectivity index (χ0v) is 9.61. The number of aryl methyl sites for hydroxylation is 1. The second kappa shape index (κ2) is 3.47. The third-order valence-corrected chi connectivity index (χ3v) is 3.04. The topological polar surface area (TPSA) is 9.23 Å². The molecule has 0 spiro atoms. The van der Waals surface area contributed by atoms with Gasteiger partial charge in [0.2, 0.25) is 0 Å². The smallest absolute Gasteiger partial charge is 0.141 e. The molecule has 2 rings (SSSR count). The van der Waals surface area contributed by atoms with Gasteiger partial charge in [-0.05, 0) is 30.0 Å². The summed E-state index contributed by atoms with van der Waals surface area (Å²) < 4.78 is 5.54. The Morgan fingerprint density at radius 2 is 2.14 bits per heavy atom. The van der Waals surface area contributed by atoms with Crippen LogP contribution in [-0.4, -0.2) is 6.61 Å². The highest BCUT2D eigenvalue weighted by atomic mass is 35.5. The summed E-state index contributed by atoms with van der Waals surface area (Å²) in [5, 5.41) is 0.763. The van der Waals surface area contributed by atoms with E-state index in [0.29, 0.717) is 5.92 Å². The van der Waals surface area contributed by atoms with Crippen LogP contribution < -0.4 is 4.74 Å². The van der Waals surface area contributed by atoms with Gasteiger partial charge in [-0.3, -0.25) is 0 Å². The van der Waals surface area contributed by atoms with Crippen molar-refractivity contribution in [2.75, 3.05) is 6.61 Å². The number of benzene rings is 1. The van der Waals surface area contributed by atoms with Crippen molar-refractivity contribution in [2.45, 2.75) is 33.1 Å². The molecule has 0 aromatic heterocycles. The number of fused-ring (bicyclic) bond motifs is 1. The highest BCUT2D eigenvalue weighted by molar-refractivity contribution is 6.32. The van der Waals surface area contributed by atoms with Crippen LogP contribution in [0.4, 0.5) is 0 Å². The standard InChI is InChI=1S/C12H15ClO/c1-7(2)11-8(3)6-10(13)12-9(11)4-5-14-12/h6-7H,4-5H2,1-3H3. The van der Waals surface area contributed by atoms with Crippen molar-refractivity contribution in [3.63, 3.8) is 0 Å². The molecule has 1 aromatic carbocycles. The molecule has 0 N–H and O–H groups in total. The van der Waals surface area contributed by atoms with Gasteiger partial charge in [-0.2, -0.15) is 0 Å². The van der Waals surface area contributed by atoms with E-state index in [1.807, 2.05) is 6.07 Å². The third kappa shape index (κ3) is 1.40. The second-order valence-corrected chi connectivity index (χ2v) is 4.56. The SMILES string of the molecule is Cc1cc(Cl)c2c(c1C(C)C)CCO2. The van der Waals surface area contributed by atoms with E-state index >= 15 is 0 Å². The van der Waals surface area contributed by atoms with Crippen LogP contribution in [0.15, 0.2) is 6.07 Å². The third-order valence-electron chi connectivity index (χ3n) is 2.76. The Hall–Kier alpha value is -0.690. The molecule has 0 atom stereocenters. The number of rotatable bonds is 1. The van der Waals surface area contributed by atoms with Crippen molar-refractivity contribution < 1.29 is 4.74 Å². The molecule has 1 aromatic rings. The number of halogens is 1. The maximum atomic E-state index is 6.13. The van der Waals surface area contributed by atoms with Gasteiger partial charge in [0.25, 0.3) is 0 Å². The van der Waals surface area contributed by atoms with Gasteiger partial charge in [-0.15, -0.1) is 0 Å². The summed E-state index contributed by atoms with van der Waals surface area (Å²) in [5.41, 5.74) is 4.03. The van der Waals surface area contributed by atoms with Gasteiger partial charge in [0.05, 0.1) is 11.6 Å². The number of hydrogen-bond donors (Lipinski definition) is 0. The lowest BCUT2D eigenvalue weighted by Gasteiger charge is -2.15. The van der Waals surface area contributed by atoms with E-state index in [1.165, 1.54) is 16.7 Å². The van der Waals surface area contributed by atoms with Crippen LogP contribution in [0.3, 0.4) is 0 Å². The molecule has 0 saturated heterocycles. The Morgan fingerprint density at radius 3 is 2.79 bits per heavy atom. The average Bonchev–Trinajstić information content (AvgIpc) is 2.51. The van der Waals surface area contributed by atoms with E-state index in [-0.39, 0.29) is 0 Å². The lowest BCUT2D eigenvalue weighted by atomic mass is 9.91. The Kier molecular flexibility index (Phi) is 2.44. The molecule has 1 aliphatic rings. The summed E-state index contributed by atoms with van der Waals surface area (Å²) in [7, 11) is 0. The maximum absolute atomic E-state index is 6.13. The van der Waals surface area contributed by atoms with Gasteiger partial charge in [-0.25, -0.2) is 0 Å². The maximum Gasteiger partial charge on any atom is 0.141 e. The molecule has 0 radical (unpaired) electrons. The Labute approximate surface area is 90.0 Å². The first kappa shape index (κ1) is 9.85. The number of hydrogen-bond acceptors (Lipinski definition) is 1. The van der Waals surface area contributed by atoms with Gasteiger partial charge >= 0.3 is 0 Å². The second-order valence-electron chi connectivity index (χ2n) is 4.15. The van der Waals surface area contributed by atoms with Gasteiger partial charge in [0.1, 0.15) is 5.75 Å². The van der Waals surface area contributed by atoms with Crippen LogP contribution in [0.1, 0.15) is 36.5 Å². The Bertz CT molecular complexity index is 369. The van der Waals surface area contributed by atoms with Crippen molar-refractivity contribution in [1.82, 2.24) is 0 Å². The summed E-state index contributed by atoms with van der Waals surface area (Å²) >= 11 is 6.13. The first-order chi connectivity index (χ1) is 6.61. The van der Waals surface area contributed by atoms with Gasteiger partial charge < -0.3 is 4.74 Å². The minimum absolute atomic E-state index is 0.544. The van der Waals surface area contributed by atoms with Crippen LogP contribution >= 0.6 is 11.6 Å². The molecular weight excluding hydrogens is 196 g/mol. The van der Waals surface area contributed by atoms with Gasteiger partial charge in [0, 0.05) is 12.0 Å². The highest BCUT2D eigenvalue weighted by Crippen LogP contribution is 2.40. The minimum Gasteiger partial charge on any atom is -0.491 e. The van der Waals surface area contributed by atoms with Crippen LogP contribution in [0, 0.1) is 6.92 Å². The molecule has 1 aliphatic heterocycles.